The van der Waals surface area contributed by atoms with E-state index in [0.717, 1.165) is 36.8 Å². The molecule has 1 aliphatic rings. The van der Waals surface area contributed by atoms with Gasteiger partial charge in [0.1, 0.15) is 0 Å². The molecule has 7 heteroatoms. The molecule has 0 amide bonds. The summed E-state index contributed by atoms with van der Waals surface area (Å²) in [6.07, 6.45) is 7.71. The number of fused-ring (bicyclic) bond motifs is 1. The van der Waals surface area contributed by atoms with Crippen LogP contribution >= 0.6 is 12.4 Å². The minimum atomic E-state index is -0.426. The summed E-state index contributed by atoms with van der Waals surface area (Å²) in [4.78, 5) is 4.50. The average molecular weight is 306 g/mol. The molecule has 0 aromatic carbocycles. The largest absolute Gasteiger partial charge is 0.334 e. The van der Waals surface area contributed by atoms with Crippen LogP contribution in [0.3, 0.4) is 0 Å². The monoisotopic (exact) mass is 305 g/mol. The molecule has 3 aromatic heterocycles. The Bertz CT molecular complexity index is 759. The molecule has 0 aliphatic heterocycles. The lowest BCUT2D eigenvalue weighted by atomic mass is 9.99. The number of aromatic nitrogens is 4. The Morgan fingerprint density at radius 2 is 2.05 bits per heavy atom. The summed E-state index contributed by atoms with van der Waals surface area (Å²) in [5.74, 6) is 1.10. The topological polar surface area (TPSA) is 82.2 Å². The first-order valence-electron chi connectivity index (χ1n) is 6.82. The van der Waals surface area contributed by atoms with Crippen molar-refractivity contribution in [2.45, 2.75) is 31.2 Å². The molecule has 0 bridgehead atoms. The lowest BCUT2D eigenvalue weighted by molar-refractivity contribution is 0.373. The highest BCUT2D eigenvalue weighted by atomic mass is 35.5. The first-order valence-corrected chi connectivity index (χ1v) is 6.82. The van der Waals surface area contributed by atoms with Gasteiger partial charge in [-0.25, -0.2) is 4.52 Å². The van der Waals surface area contributed by atoms with Crippen molar-refractivity contribution in [2.24, 2.45) is 5.73 Å². The molecule has 6 nitrogen and oxygen atoms in total. The SMILES string of the molecule is Cl.NC1(c2noc(-c3cnn4ccccc34)n2)CCCC1. The molecule has 4 rings (SSSR count). The fourth-order valence-corrected chi connectivity index (χ4v) is 2.86. The number of rotatable bonds is 2. The van der Waals surface area contributed by atoms with Gasteiger partial charge in [0.05, 0.1) is 22.8 Å². The highest BCUT2D eigenvalue weighted by molar-refractivity contribution is 5.85. The highest BCUT2D eigenvalue weighted by Crippen LogP contribution is 2.35. The summed E-state index contributed by atoms with van der Waals surface area (Å²) >= 11 is 0. The normalized spacial score (nSPS) is 17.0. The van der Waals surface area contributed by atoms with Gasteiger partial charge >= 0.3 is 0 Å². The summed E-state index contributed by atoms with van der Waals surface area (Å²) in [5.41, 5.74) is 7.71. The molecule has 0 atom stereocenters. The van der Waals surface area contributed by atoms with Crippen molar-refractivity contribution in [2.75, 3.05) is 0 Å². The van der Waals surface area contributed by atoms with Gasteiger partial charge in [0.25, 0.3) is 5.89 Å². The van der Waals surface area contributed by atoms with Gasteiger partial charge in [-0.2, -0.15) is 10.1 Å². The number of halogens is 1. The quantitative estimate of drug-likeness (QED) is 0.786. The highest BCUT2D eigenvalue weighted by Gasteiger charge is 2.36. The molecule has 0 radical (unpaired) electrons. The van der Waals surface area contributed by atoms with Crippen LogP contribution in [0.5, 0.6) is 0 Å². The first-order chi connectivity index (χ1) is 9.76. The number of pyridine rings is 1. The summed E-state index contributed by atoms with van der Waals surface area (Å²) < 4.78 is 7.19. The fraction of sp³-hybridized carbons (Fsp3) is 0.357. The van der Waals surface area contributed by atoms with E-state index in [2.05, 4.69) is 15.2 Å². The summed E-state index contributed by atoms with van der Waals surface area (Å²) in [6.45, 7) is 0. The van der Waals surface area contributed by atoms with E-state index in [1.54, 1.807) is 10.7 Å². The third-order valence-electron chi connectivity index (χ3n) is 4.02. The van der Waals surface area contributed by atoms with Gasteiger partial charge in [-0.3, -0.25) is 0 Å². The Morgan fingerprint density at radius 1 is 1.24 bits per heavy atom. The number of hydrogen-bond acceptors (Lipinski definition) is 5. The third kappa shape index (κ3) is 2.20. The number of hydrogen-bond donors (Lipinski definition) is 1. The first kappa shape index (κ1) is 14.0. The van der Waals surface area contributed by atoms with Gasteiger partial charge in [0.15, 0.2) is 5.82 Å². The van der Waals surface area contributed by atoms with Crippen molar-refractivity contribution in [3.05, 3.63) is 36.4 Å². The Labute approximate surface area is 127 Å². The smallest absolute Gasteiger partial charge is 0.261 e. The summed E-state index contributed by atoms with van der Waals surface area (Å²) in [7, 11) is 0. The Balaban J connectivity index is 0.00000132. The maximum absolute atomic E-state index is 6.35. The van der Waals surface area contributed by atoms with E-state index in [4.69, 9.17) is 10.3 Å². The van der Waals surface area contributed by atoms with E-state index in [1.807, 2.05) is 24.4 Å². The fourth-order valence-electron chi connectivity index (χ4n) is 2.86. The predicted molar refractivity (Wildman–Crippen MR) is 80.1 cm³/mol. The van der Waals surface area contributed by atoms with Crippen LogP contribution in [-0.2, 0) is 5.54 Å². The van der Waals surface area contributed by atoms with Crippen LogP contribution in [0.2, 0.25) is 0 Å². The standard InChI is InChI=1S/C14H15N5O.ClH/c15-14(6-2-3-7-14)13-17-12(20-18-13)10-9-16-19-8-4-1-5-11(10)19;/h1,4-5,8-9H,2-3,6-7,15H2;1H. The Kier molecular flexibility index (Phi) is 3.43. The second kappa shape index (κ2) is 5.13. The van der Waals surface area contributed by atoms with Crippen molar-refractivity contribution >= 4 is 17.9 Å². The van der Waals surface area contributed by atoms with Gasteiger partial charge in [-0.1, -0.05) is 24.1 Å². The van der Waals surface area contributed by atoms with Crippen LogP contribution in [0.25, 0.3) is 17.0 Å². The lowest BCUT2D eigenvalue weighted by Crippen LogP contribution is -2.34. The average Bonchev–Trinajstić information content (AvgIpc) is 3.16. The van der Waals surface area contributed by atoms with Crippen molar-refractivity contribution in [3.8, 4) is 11.5 Å². The summed E-state index contributed by atoms with van der Waals surface area (Å²) in [6, 6.07) is 5.86. The molecule has 110 valence electrons. The molecule has 0 spiro atoms. The van der Waals surface area contributed by atoms with E-state index in [1.165, 1.54) is 0 Å². The zero-order valence-corrected chi connectivity index (χ0v) is 12.2. The molecular formula is C14H16ClN5O. The van der Waals surface area contributed by atoms with E-state index >= 15 is 0 Å². The molecule has 1 aliphatic carbocycles. The predicted octanol–water partition coefficient (Wildman–Crippen LogP) is 2.53. The molecule has 0 saturated heterocycles. The van der Waals surface area contributed by atoms with E-state index in [9.17, 15) is 0 Å². The van der Waals surface area contributed by atoms with Gasteiger partial charge in [-0.15, -0.1) is 12.4 Å². The second-order valence-electron chi connectivity index (χ2n) is 5.38. The molecule has 1 fully saturated rings. The minimum absolute atomic E-state index is 0. The lowest BCUT2D eigenvalue weighted by Gasteiger charge is -2.17. The molecule has 0 unspecified atom stereocenters. The van der Waals surface area contributed by atoms with E-state index < -0.39 is 5.54 Å². The van der Waals surface area contributed by atoms with Gasteiger partial charge < -0.3 is 10.3 Å². The molecule has 3 heterocycles. The van der Waals surface area contributed by atoms with Crippen LogP contribution in [0.4, 0.5) is 0 Å². The van der Waals surface area contributed by atoms with Crippen LogP contribution in [-0.4, -0.2) is 19.8 Å². The Hall–Kier alpha value is -1.92. The molecule has 2 N–H and O–H groups in total. The van der Waals surface area contributed by atoms with Crippen molar-refractivity contribution < 1.29 is 4.52 Å². The van der Waals surface area contributed by atoms with Crippen LogP contribution < -0.4 is 5.73 Å². The van der Waals surface area contributed by atoms with Gasteiger partial charge in [0.2, 0.25) is 0 Å². The zero-order valence-electron chi connectivity index (χ0n) is 11.4. The second-order valence-corrected chi connectivity index (χ2v) is 5.38. The van der Waals surface area contributed by atoms with Crippen molar-refractivity contribution in [3.63, 3.8) is 0 Å². The third-order valence-corrected chi connectivity index (χ3v) is 4.02. The molecule has 1 saturated carbocycles. The minimum Gasteiger partial charge on any atom is -0.334 e. The Morgan fingerprint density at radius 3 is 2.86 bits per heavy atom. The van der Waals surface area contributed by atoms with Crippen LogP contribution in [0.15, 0.2) is 35.1 Å². The maximum atomic E-state index is 6.35. The van der Waals surface area contributed by atoms with Gasteiger partial charge in [-0.05, 0) is 25.0 Å². The molecule has 3 aromatic rings. The van der Waals surface area contributed by atoms with E-state index in [0.29, 0.717) is 11.7 Å². The molecule has 21 heavy (non-hydrogen) atoms. The zero-order chi connectivity index (χ0) is 13.6. The number of nitrogens with zero attached hydrogens (tertiary/aromatic N) is 4. The maximum Gasteiger partial charge on any atom is 0.261 e. The van der Waals surface area contributed by atoms with Crippen molar-refractivity contribution in [1.82, 2.24) is 19.8 Å². The van der Waals surface area contributed by atoms with Gasteiger partial charge in [0, 0.05) is 6.20 Å². The summed E-state index contributed by atoms with van der Waals surface area (Å²) in [5, 5.41) is 8.36. The van der Waals surface area contributed by atoms with Crippen LogP contribution in [0.1, 0.15) is 31.5 Å². The van der Waals surface area contributed by atoms with Crippen LogP contribution in [0, 0.1) is 0 Å². The van der Waals surface area contributed by atoms with Crippen molar-refractivity contribution in [1.29, 1.82) is 0 Å². The number of nitrogens with two attached hydrogens (primary N) is 1. The van der Waals surface area contributed by atoms with E-state index in [-0.39, 0.29) is 12.4 Å². The molecular weight excluding hydrogens is 290 g/mol.